The van der Waals surface area contributed by atoms with Gasteiger partial charge in [0.15, 0.2) is 5.82 Å². The van der Waals surface area contributed by atoms with Crippen LogP contribution in [0.15, 0.2) is 33.7 Å². The van der Waals surface area contributed by atoms with Gasteiger partial charge in [-0.3, -0.25) is 0 Å². The van der Waals surface area contributed by atoms with Gasteiger partial charge in [-0.05, 0) is 31.9 Å². The van der Waals surface area contributed by atoms with Crippen molar-refractivity contribution in [3.8, 4) is 0 Å². The maximum absolute atomic E-state index is 12.2. The predicted octanol–water partition coefficient (Wildman–Crippen LogP) is 1.63. The summed E-state index contributed by atoms with van der Waals surface area (Å²) in [5.74, 6) is 0.921. The molecule has 24 heavy (non-hydrogen) atoms. The van der Waals surface area contributed by atoms with Gasteiger partial charge in [0.25, 0.3) is 0 Å². The Kier molecular flexibility index (Phi) is 4.71. The number of rotatable bonds is 6. The van der Waals surface area contributed by atoms with Crippen molar-refractivity contribution in [2.75, 3.05) is 6.54 Å². The zero-order valence-electron chi connectivity index (χ0n) is 13.7. The maximum Gasteiger partial charge on any atom is 0.240 e. The minimum absolute atomic E-state index is 0.190. The van der Waals surface area contributed by atoms with Crippen LogP contribution in [0.25, 0.3) is 0 Å². The zero-order valence-corrected chi connectivity index (χ0v) is 14.5. The van der Waals surface area contributed by atoms with Crippen molar-refractivity contribution in [1.82, 2.24) is 14.9 Å². The second-order valence-electron chi connectivity index (χ2n) is 6.34. The molecule has 3 rings (SSSR count). The van der Waals surface area contributed by atoms with Crippen molar-refractivity contribution < 1.29 is 12.9 Å². The van der Waals surface area contributed by atoms with Gasteiger partial charge in [0, 0.05) is 13.0 Å². The molecule has 0 unspecified atom stereocenters. The minimum atomic E-state index is -3.53. The van der Waals surface area contributed by atoms with Gasteiger partial charge in [0.2, 0.25) is 15.9 Å². The van der Waals surface area contributed by atoms with Crippen LogP contribution in [0.3, 0.4) is 0 Å². The van der Waals surface area contributed by atoms with E-state index in [1.54, 1.807) is 24.3 Å². The van der Waals surface area contributed by atoms with Gasteiger partial charge in [-0.15, -0.1) is 0 Å². The standard InChI is InChI=1S/C16H22N4O3S/c1-12-4-6-13(7-5-12)24(21,22)18-11-8-14-19-15(20-23-14)16(17)9-2-3-10-16/h4-7,18H,2-3,8-11,17H2,1H3. The van der Waals surface area contributed by atoms with Crippen LogP contribution in [-0.4, -0.2) is 25.1 Å². The van der Waals surface area contributed by atoms with Gasteiger partial charge in [-0.1, -0.05) is 35.7 Å². The third-order valence-corrected chi connectivity index (χ3v) is 5.85. The zero-order chi connectivity index (χ0) is 17.2. The Morgan fingerprint density at radius 2 is 1.92 bits per heavy atom. The Morgan fingerprint density at radius 1 is 1.25 bits per heavy atom. The van der Waals surface area contributed by atoms with Crippen molar-refractivity contribution in [3.63, 3.8) is 0 Å². The first-order chi connectivity index (χ1) is 11.4. The molecule has 1 aliphatic rings. The lowest BCUT2D eigenvalue weighted by atomic mass is 9.99. The lowest BCUT2D eigenvalue weighted by Gasteiger charge is -2.17. The Hall–Kier alpha value is -1.77. The lowest BCUT2D eigenvalue weighted by molar-refractivity contribution is 0.348. The summed E-state index contributed by atoms with van der Waals surface area (Å²) in [7, 11) is -3.53. The molecule has 1 aromatic heterocycles. The average Bonchev–Trinajstić information content (AvgIpc) is 3.18. The lowest BCUT2D eigenvalue weighted by Crippen LogP contribution is -2.34. The summed E-state index contributed by atoms with van der Waals surface area (Å²) >= 11 is 0. The normalized spacial score (nSPS) is 17.2. The van der Waals surface area contributed by atoms with E-state index in [4.69, 9.17) is 10.3 Å². The number of nitrogens with two attached hydrogens (primary N) is 1. The maximum atomic E-state index is 12.2. The predicted molar refractivity (Wildman–Crippen MR) is 88.7 cm³/mol. The van der Waals surface area contributed by atoms with Crippen molar-refractivity contribution in [2.45, 2.75) is 49.5 Å². The third kappa shape index (κ3) is 3.66. The highest BCUT2D eigenvalue weighted by molar-refractivity contribution is 7.89. The molecule has 0 spiro atoms. The van der Waals surface area contributed by atoms with E-state index in [0.29, 0.717) is 18.1 Å². The largest absolute Gasteiger partial charge is 0.339 e. The molecule has 1 saturated carbocycles. The Morgan fingerprint density at radius 3 is 2.58 bits per heavy atom. The van der Waals surface area contributed by atoms with Gasteiger partial charge in [0.05, 0.1) is 10.4 Å². The molecular weight excluding hydrogens is 328 g/mol. The van der Waals surface area contributed by atoms with Crippen LogP contribution in [0.1, 0.15) is 43.0 Å². The fraction of sp³-hybridized carbons (Fsp3) is 0.500. The molecule has 0 radical (unpaired) electrons. The smallest absolute Gasteiger partial charge is 0.240 e. The number of nitrogens with one attached hydrogen (secondary N) is 1. The van der Waals surface area contributed by atoms with E-state index in [1.165, 1.54) is 0 Å². The Balaban J connectivity index is 1.58. The summed E-state index contributed by atoms with van der Waals surface area (Å²) in [6, 6.07) is 6.70. The molecule has 7 nitrogen and oxygen atoms in total. The van der Waals surface area contributed by atoms with Gasteiger partial charge in [0.1, 0.15) is 0 Å². The van der Waals surface area contributed by atoms with Gasteiger partial charge in [-0.2, -0.15) is 4.98 Å². The van der Waals surface area contributed by atoms with Crippen LogP contribution in [0, 0.1) is 6.92 Å². The average molecular weight is 350 g/mol. The van der Waals surface area contributed by atoms with Crippen LogP contribution in [-0.2, 0) is 22.0 Å². The van der Waals surface area contributed by atoms with Gasteiger partial charge < -0.3 is 10.3 Å². The number of sulfonamides is 1. The van der Waals surface area contributed by atoms with E-state index < -0.39 is 15.6 Å². The molecule has 0 bridgehead atoms. The molecule has 0 saturated heterocycles. The van der Waals surface area contributed by atoms with Crippen LogP contribution < -0.4 is 10.5 Å². The number of hydrogen-bond acceptors (Lipinski definition) is 6. The molecule has 0 aliphatic heterocycles. The van der Waals surface area contributed by atoms with Crippen LogP contribution >= 0.6 is 0 Å². The molecule has 1 heterocycles. The second-order valence-corrected chi connectivity index (χ2v) is 8.10. The Labute approximate surface area is 141 Å². The molecule has 8 heteroatoms. The van der Waals surface area contributed by atoms with Crippen molar-refractivity contribution in [1.29, 1.82) is 0 Å². The number of benzene rings is 1. The van der Waals surface area contributed by atoms with Crippen LogP contribution in [0.2, 0.25) is 0 Å². The second kappa shape index (κ2) is 6.62. The van der Waals surface area contributed by atoms with E-state index in [-0.39, 0.29) is 11.4 Å². The number of nitrogens with zero attached hydrogens (tertiary/aromatic N) is 2. The summed E-state index contributed by atoms with van der Waals surface area (Å²) in [4.78, 5) is 4.57. The van der Waals surface area contributed by atoms with Crippen LogP contribution in [0.4, 0.5) is 0 Å². The number of aromatic nitrogens is 2. The summed E-state index contributed by atoms with van der Waals surface area (Å²) in [6.45, 7) is 2.10. The highest BCUT2D eigenvalue weighted by Crippen LogP contribution is 2.34. The molecule has 130 valence electrons. The van der Waals surface area contributed by atoms with Crippen molar-refractivity contribution in [3.05, 3.63) is 41.5 Å². The third-order valence-electron chi connectivity index (χ3n) is 4.37. The first-order valence-electron chi connectivity index (χ1n) is 8.07. The topological polar surface area (TPSA) is 111 Å². The quantitative estimate of drug-likeness (QED) is 0.819. The van der Waals surface area contributed by atoms with E-state index in [0.717, 1.165) is 31.2 Å². The molecule has 1 aliphatic carbocycles. The van der Waals surface area contributed by atoms with Crippen molar-refractivity contribution >= 4 is 10.0 Å². The number of aryl methyl sites for hydroxylation is 1. The summed E-state index contributed by atoms with van der Waals surface area (Å²) in [5, 5.41) is 3.96. The Bertz CT molecular complexity index is 793. The molecule has 1 fully saturated rings. The summed E-state index contributed by atoms with van der Waals surface area (Å²) in [6.07, 6.45) is 4.17. The molecule has 1 aromatic carbocycles. The van der Waals surface area contributed by atoms with Crippen LogP contribution in [0.5, 0.6) is 0 Å². The molecule has 0 amide bonds. The first kappa shape index (κ1) is 17.1. The minimum Gasteiger partial charge on any atom is -0.339 e. The molecule has 0 atom stereocenters. The SMILES string of the molecule is Cc1ccc(S(=O)(=O)NCCc2nc(C3(N)CCCC3)no2)cc1. The van der Waals surface area contributed by atoms with Crippen molar-refractivity contribution in [2.24, 2.45) is 5.73 Å². The molecule has 2 aromatic rings. The van der Waals surface area contributed by atoms with E-state index in [1.807, 2.05) is 6.92 Å². The monoisotopic (exact) mass is 350 g/mol. The van der Waals surface area contributed by atoms with E-state index in [2.05, 4.69) is 14.9 Å². The van der Waals surface area contributed by atoms with E-state index >= 15 is 0 Å². The summed E-state index contributed by atoms with van der Waals surface area (Å²) in [5.41, 5.74) is 6.80. The molecular formula is C16H22N4O3S. The summed E-state index contributed by atoms with van der Waals surface area (Å²) < 4.78 is 32.1. The highest BCUT2D eigenvalue weighted by Gasteiger charge is 2.35. The first-order valence-corrected chi connectivity index (χ1v) is 9.56. The molecule has 3 N–H and O–H groups in total. The van der Waals surface area contributed by atoms with Gasteiger partial charge in [-0.25, -0.2) is 13.1 Å². The van der Waals surface area contributed by atoms with E-state index in [9.17, 15) is 8.42 Å². The number of hydrogen-bond donors (Lipinski definition) is 2. The highest BCUT2D eigenvalue weighted by atomic mass is 32.2. The van der Waals surface area contributed by atoms with Gasteiger partial charge >= 0.3 is 0 Å². The fourth-order valence-corrected chi connectivity index (χ4v) is 3.91. The fourth-order valence-electron chi connectivity index (χ4n) is 2.88.